The number of hydrogen-bond donors (Lipinski definition) is 0. The number of para-hydroxylation sites is 3. The highest BCUT2D eigenvalue weighted by Gasteiger charge is 2.52. The average Bonchev–Trinajstić information content (AvgIpc) is 3.64. The first-order valence-corrected chi connectivity index (χ1v) is 21.1. The molecule has 10 aromatic carbocycles. The van der Waals surface area contributed by atoms with Gasteiger partial charge in [-0.3, -0.25) is 0 Å². The maximum Gasteiger partial charge on any atom is 0.0755 e. The lowest BCUT2D eigenvalue weighted by Gasteiger charge is -2.45. The van der Waals surface area contributed by atoms with Gasteiger partial charge in [-0.25, -0.2) is 0 Å². The molecular formula is C59H40N2. The number of hydrogen-bond acceptors (Lipinski definition) is 2. The van der Waals surface area contributed by atoms with Crippen molar-refractivity contribution in [3.05, 3.63) is 265 Å². The zero-order valence-electron chi connectivity index (χ0n) is 33.5. The minimum atomic E-state index is -0.552. The topological polar surface area (TPSA) is 6.48 Å². The SMILES string of the molecule is c1ccc(-c2ccc(N(c3ccc(-c4ccc5ccccc5c4)cc3)c3cccc4c3-c3ccccc3C43c4ccccc4N(c4ccccc4)c4ccccc43)cc2)cc1. The summed E-state index contributed by atoms with van der Waals surface area (Å²) in [5.74, 6) is 0. The molecule has 10 aromatic rings. The number of nitrogens with zero attached hydrogens (tertiary/aromatic N) is 2. The fourth-order valence-electron chi connectivity index (χ4n) is 10.2. The predicted molar refractivity (Wildman–Crippen MR) is 255 cm³/mol. The summed E-state index contributed by atoms with van der Waals surface area (Å²) in [6, 6.07) is 89.1. The fraction of sp³-hybridized carbons (Fsp3) is 0.0169. The van der Waals surface area contributed by atoms with E-state index in [1.165, 1.54) is 77.8 Å². The summed E-state index contributed by atoms with van der Waals surface area (Å²) >= 11 is 0. The van der Waals surface area contributed by atoms with E-state index in [9.17, 15) is 0 Å². The summed E-state index contributed by atoms with van der Waals surface area (Å²) in [6.45, 7) is 0. The number of benzene rings is 10. The Morgan fingerprint density at radius 1 is 0.328 bits per heavy atom. The Morgan fingerprint density at radius 3 is 1.49 bits per heavy atom. The molecule has 0 fully saturated rings. The van der Waals surface area contributed by atoms with E-state index < -0.39 is 5.41 Å². The molecule has 0 atom stereocenters. The van der Waals surface area contributed by atoms with Gasteiger partial charge >= 0.3 is 0 Å². The molecule has 0 radical (unpaired) electrons. The van der Waals surface area contributed by atoms with Gasteiger partial charge in [0.15, 0.2) is 0 Å². The predicted octanol–water partition coefficient (Wildman–Crippen LogP) is 15.8. The quantitative estimate of drug-likeness (QED) is 0.166. The first-order chi connectivity index (χ1) is 30.3. The summed E-state index contributed by atoms with van der Waals surface area (Å²) in [5, 5.41) is 2.49. The molecule has 1 heterocycles. The maximum atomic E-state index is 2.46. The normalized spacial score (nSPS) is 13.0. The number of rotatable bonds is 6. The molecule has 0 saturated carbocycles. The monoisotopic (exact) mass is 776 g/mol. The Balaban J connectivity index is 1.09. The first-order valence-electron chi connectivity index (χ1n) is 21.1. The van der Waals surface area contributed by atoms with E-state index >= 15 is 0 Å². The molecule has 0 unspecified atom stereocenters. The maximum absolute atomic E-state index is 2.46. The van der Waals surface area contributed by atoms with Gasteiger partial charge in [0.25, 0.3) is 0 Å². The van der Waals surface area contributed by atoms with Crippen molar-refractivity contribution in [3.63, 3.8) is 0 Å². The third-order valence-electron chi connectivity index (χ3n) is 12.8. The van der Waals surface area contributed by atoms with Crippen molar-refractivity contribution in [2.45, 2.75) is 5.41 Å². The molecule has 286 valence electrons. The summed E-state index contributed by atoms with van der Waals surface area (Å²) in [7, 11) is 0. The molecule has 61 heavy (non-hydrogen) atoms. The van der Waals surface area contributed by atoms with Gasteiger partial charge in [-0.1, -0.05) is 182 Å². The van der Waals surface area contributed by atoms with E-state index in [-0.39, 0.29) is 0 Å². The van der Waals surface area contributed by atoms with Crippen LogP contribution in [-0.4, -0.2) is 0 Å². The van der Waals surface area contributed by atoms with Crippen LogP contribution >= 0.6 is 0 Å². The van der Waals surface area contributed by atoms with E-state index in [0.717, 1.165) is 22.7 Å². The van der Waals surface area contributed by atoms with Crippen molar-refractivity contribution in [2.24, 2.45) is 0 Å². The van der Waals surface area contributed by atoms with E-state index in [1.807, 2.05) is 0 Å². The Morgan fingerprint density at radius 2 is 0.820 bits per heavy atom. The second-order valence-corrected chi connectivity index (χ2v) is 16.1. The standard InChI is InChI=1S/C59H40N2/c1-3-16-41(17-4-1)43-32-36-48(37-33-43)60(49-38-34-44(35-39-49)46-31-30-42-18-7-8-19-45(42)40-46)57-29-15-26-54-58(57)50-22-9-10-23-51(50)59(54)52-24-11-13-27-55(52)61(47-20-5-2-6-21-47)56-28-14-12-25-53(56)59/h1-40H. The zero-order valence-corrected chi connectivity index (χ0v) is 33.5. The van der Waals surface area contributed by atoms with Crippen LogP contribution in [0.1, 0.15) is 22.3 Å². The van der Waals surface area contributed by atoms with E-state index in [4.69, 9.17) is 0 Å². The zero-order chi connectivity index (χ0) is 40.3. The van der Waals surface area contributed by atoms with Crippen molar-refractivity contribution in [1.82, 2.24) is 0 Å². The van der Waals surface area contributed by atoms with Gasteiger partial charge in [0.2, 0.25) is 0 Å². The molecule has 0 saturated heterocycles. The van der Waals surface area contributed by atoms with Gasteiger partial charge in [-0.05, 0) is 122 Å². The molecule has 2 aliphatic rings. The Labute approximate surface area is 356 Å². The lowest BCUT2D eigenvalue weighted by atomic mass is 9.64. The molecule has 0 N–H and O–H groups in total. The van der Waals surface area contributed by atoms with Crippen molar-refractivity contribution in [3.8, 4) is 33.4 Å². The van der Waals surface area contributed by atoms with Crippen LogP contribution in [0.3, 0.4) is 0 Å². The molecular weight excluding hydrogens is 737 g/mol. The van der Waals surface area contributed by atoms with Gasteiger partial charge in [-0.2, -0.15) is 0 Å². The van der Waals surface area contributed by atoms with E-state index in [0.29, 0.717) is 0 Å². The lowest BCUT2D eigenvalue weighted by Crippen LogP contribution is -2.36. The minimum absolute atomic E-state index is 0.552. The highest BCUT2D eigenvalue weighted by atomic mass is 15.2. The average molecular weight is 777 g/mol. The smallest absolute Gasteiger partial charge is 0.0755 e. The molecule has 0 bridgehead atoms. The molecule has 0 aromatic heterocycles. The van der Waals surface area contributed by atoms with Gasteiger partial charge in [-0.15, -0.1) is 0 Å². The van der Waals surface area contributed by atoms with E-state index in [2.05, 4.69) is 252 Å². The fourth-order valence-corrected chi connectivity index (χ4v) is 10.2. The Bertz CT molecular complexity index is 3190. The van der Waals surface area contributed by atoms with Crippen LogP contribution in [0.25, 0.3) is 44.2 Å². The lowest BCUT2D eigenvalue weighted by molar-refractivity contribution is 0.752. The Kier molecular flexibility index (Phi) is 8.11. The molecule has 12 rings (SSSR count). The third-order valence-corrected chi connectivity index (χ3v) is 12.8. The van der Waals surface area contributed by atoms with Crippen molar-refractivity contribution in [1.29, 1.82) is 0 Å². The number of fused-ring (bicyclic) bond motifs is 10. The van der Waals surface area contributed by atoms with Crippen LogP contribution in [0.4, 0.5) is 34.1 Å². The van der Waals surface area contributed by atoms with Crippen LogP contribution in [-0.2, 0) is 5.41 Å². The van der Waals surface area contributed by atoms with Crippen LogP contribution in [0.15, 0.2) is 243 Å². The van der Waals surface area contributed by atoms with Gasteiger partial charge in [0, 0.05) is 22.6 Å². The second-order valence-electron chi connectivity index (χ2n) is 16.1. The van der Waals surface area contributed by atoms with Gasteiger partial charge < -0.3 is 9.80 Å². The minimum Gasteiger partial charge on any atom is -0.310 e. The highest BCUT2D eigenvalue weighted by molar-refractivity contribution is 6.01. The molecule has 1 spiro atoms. The van der Waals surface area contributed by atoms with Crippen molar-refractivity contribution in [2.75, 3.05) is 9.80 Å². The first kappa shape index (κ1) is 35.0. The van der Waals surface area contributed by atoms with Crippen LogP contribution < -0.4 is 9.80 Å². The van der Waals surface area contributed by atoms with Gasteiger partial charge in [0.05, 0.1) is 22.5 Å². The van der Waals surface area contributed by atoms with Crippen LogP contribution in [0.2, 0.25) is 0 Å². The summed E-state index contributed by atoms with van der Waals surface area (Å²) in [5.41, 5.74) is 18.8. The summed E-state index contributed by atoms with van der Waals surface area (Å²) in [6.07, 6.45) is 0. The largest absolute Gasteiger partial charge is 0.310 e. The molecule has 2 nitrogen and oxygen atoms in total. The molecule has 1 aliphatic heterocycles. The summed E-state index contributed by atoms with van der Waals surface area (Å²) in [4.78, 5) is 4.91. The molecule has 0 amide bonds. The van der Waals surface area contributed by atoms with Crippen molar-refractivity contribution < 1.29 is 0 Å². The molecule has 1 aliphatic carbocycles. The number of anilines is 6. The van der Waals surface area contributed by atoms with Gasteiger partial charge in [0.1, 0.15) is 0 Å². The summed E-state index contributed by atoms with van der Waals surface area (Å²) < 4.78 is 0. The third kappa shape index (κ3) is 5.43. The highest BCUT2D eigenvalue weighted by Crippen LogP contribution is 2.65. The van der Waals surface area contributed by atoms with Crippen LogP contribution in [0, 0.1) is 0 Å². The van der Waals surface area contributed by atoms with Crippen LogP contribution in [0.5, 0.6) is 0 Å². The second kappa shape index (κ2) is 14.1. The molecule has 2 heteroatoms. The van der Waals surface area contributed by atoms with Crippen molar-refractivity contribution >= 4 is 44.9 Å². The van der Waals surface area contributed by atoms with E-state index in [1.54, 1.807) is 0 Å². The Hall–Kier alpha value is -7.94.